The summed E-state index contributed by atoms with van der Waals surface area (Å²) >= 11 is 5.78. The predicted molar refractivity (Wildman–Crippen MR) is 76.1 cm³/mol. The zero-order valence-electron chi connectivity index (χ0n) is 11.0. The third kappa shape index (κ3) is 3.70. The van der Waals surface area contributed by atoms with Crippen LogP contribution >= 0.6 is 11.6 Å². The van der Waals surface area contributed by atoms with Crippen molar-refractivity contribution >= 4 is 17.5 Å². The maximum atomic E-state index is 13.1. The number of nitrogens with zero attached hydrogens (tertiary/aromatic N) is 2. The van der Waals surface area contributed by atoms with Crippen LogP contribution in [0.25, 0.3) is 0 Å². The summed E-state index contributed by atoms with van der Waals surface area (Å²) in [6.45, 7) is 5.75. The normalized spacial score (nSPS) is 11.0. The lowest BCUT2D eigenvalue weighted by molar-refractivity contribution is 0.626. The van der Waals surface area contributed by atoms with Crippen molar-refractivity contribution in [3.05, 3.63) is 47.0 Å². The van der Waals surface area contributed by atoms with Gasteiger partial charge in [-0.25, -0.2) is 9.37 Å². The van der Waals surface area contributed by atoms with Crippen LogP contribution in [0.4, 0.5) is 10.3 Å². The van der Waals surface area contributed by atoms with Gasteiger partial charge in [0.15, 0.2) is 0 Å². The number of hydrogen-bond donors (Lipinski definition) is 1. The molecule has 1 heterocycles. The molecule has 1 N–H and O–H groups in total. The molecule has 0 atom stereocenters. The molecule has 0 spiro atoms. The summed E-state index contributed by atoms with van der Waals surface area (Å²) in [6.07, 6.45) is 3.63. The maximum absolute atomic E-state index is 13.1. The van der Waals surface area contributed by atoms with E-state index in [-0.39, 0.29) is 5.02 Å². The van der Waals surface area contributed by atoms with Crippen LogP contribution in [0.5, 0.6) is 0 Å². The number of nitrogens with one attached hydrogen (secondary N) is 1. The molecule has 1 aromatic heterocycles. The number of benzene rings is 1. The Morgan fingerprint density at radius 3 is 2.89 bits per heavy atom. The first-order valence-corrected chi connectivity index (χ1v) is 6.63. The minimum atomic E-state index is -0.394. The van der Waals surface area contributed by atoms with Gasteiger partial charge in [-0.15, -0.1) is 0 Å². The summed E-state index contributed by atoms with van der Waals surface area (Å²) in [7, 11) is 0. The van der Waals surface area contributed by atoms with Crippen molar-refractivity contribution in [1.82, 2.24) is 9.55 Å². The summed E-state index contributed by atoms with van der Waals surface area (Å²) in [5.41, 5.74) is 0.942. The van der Waals surface area contributed by atoms with Crippen molar-refractivity contribution in [2.45, 2.75) is 20.4 Å². The second kappa shape index (κ2) is 6.06. The number of aromatic nitrogens is 2. The molecular weight excluding hydrogens is 265 g/mol. The van der Waals surface area contributed by atoms with Gasteiger partial charge in [0.05, 0.1) is 11.6 Å². The quantitative estimate of drug-likeness (QED) is 0.904. The Labute approximate surface area is 117 Å². The number of rotatable bonds is 5. The Morgan fingerprint density at radius 1 is 1.42 bits per heavy atom. The highest BCUT2D eigenvalue weighted by molar-refractivity contribution is 6.30. The molecule has 0 bridgehead atoms. The molecule has 0 aliphatic rings. The van der Waals surface area contributed by atoms with Gasteiger partial charge in [0.2, 0.25) is 5.95 Å². The van der Waals surface area contributed by atoms with Gasteiger partial charge in [-0.3, -0.25) is 0 Å². The predicted octanol–water partition coefficient (Wildman–Crippen LogP) is 3.79. The molecule has 1 aromatic carbocycles. The summed E-state index contributed by atoms with van der Waals surface area (Å²) in [5, 5.41) is 3.43. The van der Waals surface area contributed by atoms with Gasteiger partial charge >= 0.3 is 0 Å². The smallest absolute Gasteiger partial charge is 0.203 e. The summed E-state index contributed by atoms with van der Waals surface area (Å²) < 4.78 is 15.1. The Kier molecular flexibility index (Phi) is 4.43. The largest absolute Gasteiger partial charge is 0.355 e. The first kappa shape index (κ1) is 13.9. The average Bonchev–Trinajstić information content (AvgIpc) is 2.79. The molecule has 0 unspecified atom stereocenters. The first-order valence-electron chi connectivity index (χ1n) is 6.25. The van der Waals surface area contributed by atoms with E-state index < -0.39 is 5.82 Å². The molecule has 0 radical (unpaired) electrons. The topological polar surface area (TPSA) is 29.9 Å². The van der Waals surface area contributed by atoms with E-state index in [0.717, 1.165) is 18.1 Å². The highest BCUT2D eigenvalue weighted by Gasteiger charge is 2.06. The Balaban J connectivity index is 2.10. The van der Waals surface area contributed by atoms with Gasteiger partial charge in [-0.1, -0.05) is 31.5 Å². The molecule has 0 amide bonds. The van der Waals surface area contributed by atoms with E-state index in [0.29, 0.717) is 12.5 Å². The number of imidazole rings is 1. The molecule has 2 rings (SSSR count). The van der Waals surface area contributed by atoms with Crippen molar-refractivity contribution in [1.29, 1.82) is 0 Å². The number of halogens is 2. The van der Waals surface area contributed by atoms with Crippen LogP contribution in [0.3, 0.4) is 0 Å². The zero-order valence-corrected chi connectivity index (χ0v) is 11.8. The van der Waals surface area contributed by atoms with Gasteiger partial charge < -0.3 is 9.88 Å². The molecule has 0 saturated carbocycles. The van der Waals surface area contributed by atoms with Crippen molar-refractivity contribution in [3.63, 3.8) is 0 Å². The molecule has 2 aromatic rings. The first-order chi connectivity index (χ1) is 9.06. The van der Waals surface area contributed by atoms with Crippen LogP contribution in [0.15, 0.2) is 30.6 Å². The molecule has 102 valence electrons. The van der Waals surface area contributed by atoms with Crippen molar-refractivity contribution < 1.29 is 4.39 Å². The lowest BCUT2D eigenvalue weighted by atomic mass is 10.2. The number of anilines is 1. The second-order valence-corrected chi connectivity index (χ2v) is 5.31. The molecular formula is C14H17ClFN3. The fourth-order valence-electron chi connectivity index (χ4n) is 1.73. The van der Waals surface area contributed by atoms with E-state index in [1.807, 2.05) is 10.8 Å². The monoisotopic (exact) mass is 281 g/mol. The Hall–Kier alpha value is -1.55. The van der Waals surface area contributed by atoms with Crippen LogP contribution < -0.4 is 5.32 Å². The lowest BCUT2D eigenvalue weighted by Gasteiger charge is -2.11. The maximum Gasteiger partial charge on any atom is 0.203 e. The fourth-order valence-corrected chi connectivity index (χ4v) is 1.94. The second-order valence-electron chi connectivity index (χ2n) is 4.90. The highest BCUT2D eigenvalue weighted by Crippen LogP contribution is 2.18. The van der Waals surface area contributed by atoms with Crippen LogP contribution in [-0.4, -0.2) is 16.1 Å². The molecule has 0 aliphatic heterocycles. The Morgan fingerprint density at radius 2 is 2.21 bits per heavy atom. The number of hydrogen-bond acceptors (Lipinski definition) is 2. The summed E-state index contributed by atoms with van der Waals surface area (Å²) in [5.74, 6) is 0.966. The molecule has 0 aliphatic carbocycles. The van der Waals surface area contributed by atoms with Crippen LogP contribution in [0.2, 0.25) is 5.02 Å². The van der Waals surface area contributed by atoms with E-state index in [4.69, 9.17) is 11.6 Å². The minimum Gasteiger partial charge on any atom is -0.355 e. The minimum absolute atomic E-state index is 0.148. The van der Waals surface area contributed by atoms with Gasteiger partial charge in [0.1, 0.15) is 5.82 Å². The van der Waals surface area contributed by atoms with Crippen LogP contribution in [0.1, 0.15) is 19.4 Å². The third-order valence-electron chi connectivity index (χ3n) is 2.72. The van der Waals surface area contributed by atoms with E-state index in [1.165, 1.54) is 6.07 Å². The fraction of sp³-hybridized carbons (Fsp3) is 0.357. The standard InChI is InChI=1S/C14H17ClFN3/c1-10(2)8-18-14-17-5-6-19(14)9-11-3-4-13(16)12(15)7-11/h3-7,10H,8-9H2,1-2H3,(H,17,18). The average molecular weight is 282 g/mol. The SMILES string of the molecule is CC(C)CNc1nccn1Cc1ccc(F)c(Cl)c1. The lowest BCUT2D eigenvalue weighted by Crippen LogP contribution is -2.13. The molecule has 3 nitrogen and oxygen atoms in total. The van der Waals surface area contributed by atoms with Crippen molar-refractivity contribution in [3.8, 4) is 0 Å². The van der Waals surface area contributed by atoms with Gasteiger partial charge in [0.25, 0.3) is 0 Å². The van der Waals surface area contributed by atoms with Crippen LogP contribution in [-0.2, 0) is 6.54 Å². The van der Waals surface area contributed by atoms with E-state index in [2.05, 4.69) is 24.1 Å². The van der Waals surface area contributed by atoms with Gasteiger partial charge in [0, 0.05) is 18.9 Å². The molecule has 19 heavy (non-hydrogen) atoms. The molecule has 0 fully saturated rings. The highest BCUT2D eigenvalue weighted by atomic mass is 35.5. The van der Waals surface area contributed by atoms with Crippen molar-refractivity contribution in [2.24, 2.45) is 5.92 Å². The van der Waals surface area contributed by atoms with E-state index >= 15 is 0 Å². The zero-order chi connectivity index (χ0) is 13.8. The van der Waals surface area contributed by atoms with Crippen molar-refractivity contribution in [2.75, 3.05) is 11.9 Å². The Bertz CT molecular complexity index is 551. The molecule has 0 saturated heterocycles. The van der Waals surface area contributed by atoms with E-state index in [9.17, 15) is 4.39 Å². The summed E-state index contributed by atoms with van der Waals surface area (Å²) in [4.78, 5) is 4.27. The van der Waals surface area contributed by atoms with E-state index in [1.54, 1.807) is 18.3 Å². The summed E-state index contributed by atoms with van der Waals surface area (Å²) in [6, 6.07) is 4.76. The van der Waals surface area contributed by atoms with Gasteiger partial charge in [-0.2, -0.15) is 0 Å². The molecule has 5 heteroatoms. The van der Waals surface area contributed by atoms with Gasteiger partial charge in [-0.05, 0) is 23.6 Å². The third-order valence-corrected chi connectivity index (χ3v) is 3.01. The van der Waals surface area contributed by atoms with Crippen LogP contribution in [0, 0.1) is 11.7 Å².